The Hall–Kier alpha value is -1.43. The summed E-state index contributed by atoms with van der Waals surface area (Å²) in [6.45, 7) is 0.452. The molecule has 94 valence electrons. The second-order valence-electron chi connectivity index (χ2n) is 4.80. The molecule has 0 unspecified atom stereocenters. The van der Waals surface area contributed by atoms with Gasteiger partial charge in [-0.1, -0.05) is 19.3 Å². The Morgan fingerprint density at radius 2 is 2.18 bits per heavy atom. The maximum atomic E-state index is 11.0. The molecule has 1 aliphatic rings. The first kappa shape index (κ1) is 12.0. The number of hydrogen-bond acceptors (Lipinski definition) is 4. The minimum atomic E-state index is -0.353. The summed E-state index contributed by atoms with van der Waals surface area (Å²) in [4.78, 5) is 10.7. The van der Waals surface area contributed by atoms with Crippen LogP contribution in [0, 0.1) is 10.1 Å². The van der Waals surface area contributed by atoms with Crippen LogP contribution in [0.25, 0.3) is 0 Å². The van der Waals surface area contributed by atoms with Crippen LogP contribution in [0.5, 0.6) is 0 Å². The molecule has 0 saturated heterocycles. The van der Waals surface area contributed by atoms with E-state index in [9.17, 15) is 10.1 Å². The fourth-order valence-electron chi connectivity index (χ4n) is 2.94. The predicted molar refractivity (Wildman–Crippen MR) is 63.7 cm³/mol. The molecule has 6 nitrogen and oxygen atoms in total. The molecule has 1 aromatic rings. The van der Waals surface area contributed by atoms with Gasteiger partial charge in [0.05, 0.1) is 4.92 Å². The summed E-state index contributed by atoms with van der Waals surface area (Å²) in [5.41, 5.74) is 6.46. The average Bonchev–Trinajstić information content (AvgIpc) is 2.73. The van der Waals surface area contributed by atoms with E-state index in [0.717, 1.165) is 25.7 Å². The SMILES string of the molecule is Cn1ncc([N+](=O)[O-])c1C1(CN)CCCCC1. The molecule has 0 bridgehead atoms. The summed E-state index contributed by atoms with van der Waals surface area (Å²) < 4.78 is 1.62. The maximum Gasteiger partial charge on any atom is 0.310 e. The zero-order chi connectivity index (χ0) is 12.5. The van der Waals surface area contributed by atoms with Crippen molar-refractivity contribution in [1.82, 2.24) is 9.78 Å². The summed E-state index contributed by atoms with van der Waals surface area (Å²) in [6.07, 6.45) is 6.53. The van der Waals surface area contributed by atoms with E-state index >= 15 is 0 Å². The molecule has 0 radical (unpaired) electrons. The second kappa shape index (κ2) is 4.44. The first-order valence-electron chi connectivity index (χ1n) is 5.98. The van der Waals surface area contributed by atoms with E-state index < -0.39 is 0 Å². The lowest BCUT2D eigenvalue weighted by Crippen LogP contribution is -2.39. The number of aryl methyl sites for hydroxylation is 1. The van der Waals surface area contributed by atoms with Crippen LogP contribution in [0.3, 0.4) is 0 Å². The van der Waals surface area contributed by atoms with E-state index in [0.29, 0.717) is 12.2 Å². The molecule has 1 heterocycles. The molecule has 6 heteroatoms. The molecule has 1 aliphatic carbocycles. The number of nitrogens with two attached hydrogens (primary N) is 1. The highest BCUT2D eigenvalue weighted by Crippen LogP contribution is 2.41. The molecule has 0 aromatic carbocycles. The monoisotopic (exact) mass is 238 g/mol. The number of nitro groups is 1. The fourth-order valence-corrected chi connectivity index (χ4v) is 2.94. The maximum absolute atomic E-state index is 11.0. The molecule has 0 atom stereocenters. The zero-order valence-electron chi connectivity index (χ0n) is 10.1. The van der Waals surface area contributed by atoms with Crippen molar-refractivity contribution < 1.29 is 4.92 Å². The Kier molecular flexibility index (Phi) is 3.15. The van der Waals surface area contributed by atoms with E-state index in [1.54, 1.807) is 11.7 Å². The first-order valence-corrected chi connectivity index (χ1v) is 5.98. The normalized spacial score (nSPS) is 19.2. The minimum Gasteiger partial charge on any atom is -0.330 e. The second-order valence-corrected chi connectivity index (χ2v) is 4.80. The van der Waals surface area contributed by atoms with Crippen molar-refractivity contribution in [3.63, 3.8) is 0 Å². The van der Waals surface area contributed by atoms with E-state index in [1.165, 1.54) is 12.6 Å². The number of aromatic nitrogens is 2. The van der Waals surface area contributed by atoms with Crippen molar-refractivity contribution in [2.45, 2.75) is 37.5 Å². The standard InChI is InChI=1S/C11H18N4O2/c1-14-10(9(7-13-14)15(16)17)11(8-12)5-3-2-4-6-11/h7H,2-6,8,12H2,1H3. The van der Waals surface area contributed by atoms with Crippen molar-refractivity contribution in [1.29, 1.82) is 0 Å². The molecule has 2 rings (SSSR count). The van der Waals surface area contributed by atoms with Gasteiger partial charge in [-0.15, -0.1) is 0 Å². The molecule has 2 N–H and O–H groups in total. The van der Waals surface area contributed by atoms with Gasteiger partial charge in [0.15, 0.2) is 0 Å². The van der Waals surface area contributed by atoms with Crippen molar-refractivity contribution in [2.75, 3.05) is 6.54 Å². The molecule has 1 saturated carbocycles. The largest absolute Gasteiger partial charge is 0.330 e. The van der Waals surface area contributed by atoms with Crippen molar-refractivity contribution in [3.8, 4) is 0 Å². The van der Waals surface area contributed by atoms with E-state index in [1.807, 2.05) is 0 Å². The molecule has 0 aliphatic heterocycles. The number of rotatable bonds is 3. The quantitative estimate of drug-likeness (QED) is 0.638. The topological polar surface area (TPSA) is 87.0 Å². The fraction of sp³-hybridized carbons (Fsp3) is 0.727. The van der Waals surface area contributed by atoms with Crippen LogP contribution in [0.4, 0.5) is 5.69 Å². The minimum absolute atomic E-state index is 0.111. The van der Waals surface area contributed by atoms with Crippen LogP contribution < -0.4 is 5.73 Å². The van der Waals surface area contributed by atoms with E-state index in [-0.39, 0.29) is 16.0 Å². The van der Waals surface area contributed by atoms with Gasteiger partial charge in [-0.25, -0.2) is 0 Å². The Labute approximate surface area is 99.9 Å². The van der Waals surface area contributed by atoms with E-state index in [2.05, 4.69) is 5.10 Å². The summed E-state index contributed by atoms with van der Waals surface area (Å²) in [7, 11) is 1.76. The molecule has 0 amide bonds. The van der Waals surface area contributed by atoms with Crippen molar-refractivity contribution in [3.05, 3.63) is 22.0 Å². The third-order valence-corrected chi connectivity index (χ3v) is 3.82. The lowest BCUT2D eigenvalue weighted by atomic mass is 9.71. The van der Waals surface area contributed by atoms with Gasteiger partial charge in [-0.2, -0.15) is 5.10 Å². The van der Waals surface area contributed by atoms with Gasteiger partial charge in [0, 0.05) is 19.0 Å². The smallest absolute Gasteiger partial charge is 0.310 e. The van der Waals surface area contributed by atoms with Crippen LogP contribution >= 0.6 is 0 Å². The van der Waals surface area contributed by atoms with Gasteiger partial charge in [0.2, 0.25) is 0 Å². The van der Waals surface area contributed by atoms with Gasteiger partial charge in [0.25, 0.3) is 0 Å². The number of nitrogens with zero attached hydrogens (tertiary/aromatic N) is 3. The van der Waals surface area contributed by atoms with Gasteiger partial charge in [-0.05, 0) is 12.8 Å². The average molecular weight is 238 g/mol. The Balaban J connectivity index is 2.49. The highest BCUT2D eigenvalue weighted by molar-refractivity contribution is 5.40. The van der Waals surface area contributed by atoms with Crippen LogP contribution in [-0.2, 0) is 12.5 Å². The number of hydrogen-bond donors (Lipinski definition) is 1. The summed E-state index contributed by atoms with van der Waals surface area (Å²) in [6, 6.07) is 0. The van der Waals surface area contributed by atoms with Crippen molar-refractivity contribution in [2.24, 2.45) is 12.8 Å². The third-order valence-electron chi connectivity index (χ3n) is 3.82. The lowest BCUT2D eigenvalue weighted by Gasteiger charge is -2.35. The van der Waals surface area contributed by atoms with Crippen LogP contribution in [0.15, 0.2) is 6.20 Å². The molecule has 17 heavy (non-hydrogen) atoms. The molecule has 1 aromatic heterocycles. The first-order chi connectivity index (χ1) is 8.10. The molecule has 0 spiro atoms. The third kappa shape index (κ3) is 1.93. The lowest BCUT2D eigenvalue weighted by molar-refractivity contribution is -0.386. The zero-order valence-corrected chi connectivity index (χ0v) is 10.1. The molecular weight excluding hydrogens is 220 g/mol. The van der Waals surface area contributed by atoms with Crippen LogP contribution in [0.2, 0.25) is 0 Å². The summed E-state index contributed by atoms with van der Waals surface area (Å²) in [5.74, 6) is 0. The Morgan fingerprint density at radius 3 is 2.71 bits per heavy atom. The van der Waals surface area contributed by atoms with Crippen LogP contribution in [0.1, 0.15) is 37.8 Å². The predicted octanol–water partition coefficient (Wildman–Crippen LogP) is 1.49. The Bertz CT molecular complexity index is 421. The van der Waals surface area contributed by atoms with Gasteiger partial charge in [-0.3, -0.25) is 14.8 Å². The van der Waals surface area contributed by atoms with Gasteiger partial charge >= 0.3 is 5.69 Å². The molecule has 1 fully saturated rings. The summed E-state index contributed by atoms with van der Waals surface area (Å²) >= 11 is 0. The Morgan fingerprint density at radius 1 is 1.53 bits per heavy atom. The highest BCUT2D eigenvalue weighted by atomic mass is 16.6. The highest BCUT2D eigenvalue weighted by Gasteiger charge is 2.40. The van der Waals surface area contributed by atoms with Crippen LogP contribution in [-0.4, -0.2) is 21.2 Å². The van der Waals surface area contributed by atoms with Crippen molar-refractivity contribution >= 4 is 5.69 Å². The van der Waals surface area contributed by atoms with Gasteiger partial charge in [0.1, 0.15) is 11.9 Å². The summed E-state index contributed by atoms with van der Waals surface area (Å²) in [5, 5.41) is 15.1. The molecular formula is C11H18N4O2. The van der Waals surface area contributed by atoms with Gasteiger partial charge < -0.3 is 5.73 Å². The van der Waals surface area contributed by atoms with E-state index in [4.69, 9.17) is 5.73 Å².